The molecule has 1 aliphatic heterocycles. The number of hydrogen-bond donors (Lipinski definition) is 0. The van der Waals surface area contributed by atoms with Gasteiger partial charge in [0.1, 0.15) is 0 Å². The van der Waals surface area contributed by atoms with Crippen LogP contribution in [-0.4, -0.2) is 6.16 Å². The van der Waals surface area contributed by atoms with Crippen molar-refractivity contribution in [1.29, 1.82) is 0 Å². The zero-order valence-electron chi connectivity index (χ0n) is 6.56. The van der Waals surface area contributed by atoms with Crippen molar-refractivity contribution in [3.05, 3.63) is 23.5 Å². The first-order chi connectivity index (χ1) is 4.88. The molecule has 0 nitrogen and oxygen atoms in total. The van der Waals surface area contributed by atoms with E-state index < -0.39 is 0 Å². The topological polar surface area (TPSA) is 0 Å². The summed E-state index contributed by atoms with van der Waals surface area (Å²) in [6, 6.07) is 0. The minimum absolute atomic E-state index is 0. The van der Waals surface area contributed by atoms with Gasteiger partial charge in [0.15, 0.2) is 0 Å². The molecule has 0 spiro atoms. The molecular weight excluding hydrogens is 289 g/mol. The Morgan fingerprint density at radius 1 is 1.42 bits per heavy atom. The Bertz CT molecular complexity index is 203. The van der Waals surface area contributed by atoms with Gasteiger partial charge in [-0.3, -0.25) is 0 Å². The molecule has 0 radical (unpaired) electrons. The quantitative estimate of drug-likeness (QED) is 0.407. The first kappa shape index (κ1) is 13.4. The number of rotatable bonds is 0. The molecule has 2 aliphatic rings. The van der Waals surface area contributed by atoms with E-state index in [0.717, 1.165) is 18.1 Å². The van der Waals surface area contributed by atoms with Crippen LogP contribution in [-0.2, 0) is 24.7 Å². The zero-order valence-corrected chi connectivity index (χ0v) is 11.5. The monoisotopic (exact) mass is 297 g/mol. The van der Waals surface area contributed by atoms with Crippen molar-refractivity contribution >= 4 is 8.58 Å². The van der Waals surface area contributed by atoms with Crippen molar-refractivity contribution in [2.45, 2.75) is 10.0 Å². The van der Waals surface area contributed by atoms with Gasteiger partial charge in [0, 0.05) is 0 Å². The number of fused-ring (bicyclic) bond motifs is 1. The fraction of sp³-hybridized carbons (Fsp3) is 0.500. The minimum atomic E-state index is 0. The second-order valence-corrected chi connectivity index (χ2v) is 6.04. The molecule has 3 atom stereocenters. The van der Waals surface area contributed by atoms with Crippen LogP contribution in [0.5, 0.6) is 0 Å². The van der Waals surface area contributed by atoms with E-state index in [1.54, 1.807) is 30.0 Å². The number of hydrogen-bond acceptors (Lipinski definition) is 0. The molecule has 0 aromatic rings. The third kappa shape index (κ3) is 2.68. The van der Waals surface area contributed by atoms with Crippen molar-refractivity contribution < 1.29 is 49.5 Å². The van der Waals surface area contributed by atoms with E-state index in [1.807, 2.05) is 0 Å². The third-order valence-corrected chi connectivity index (χ3v) is 6.30. The predicted octanol–water partition coefficient (Wildman–Crippen LogP) is -3.52. The Balaban J connectivity index is 0.000000605. The van der Waals surface area contributed by atoms with Gasteiger partial charge in [0.2, 0.25) is 0 Å². The molecule has 0 bridgehead atoms. The van der Waals surface area contributed by atoms with E-state index in [4.69, 9.17) is 0 Å². The van der Waals surface area contributed by atoms with Crippen LogP contribution in [0.3, 0.4) is 0 Å². The fourth-order valence-corrected chi connectivity index (χ4v) is 5.06. The number of allylic oxidation sites excluding steroid dienone is 4. The maximum absolute atomic E-state index is 2.34. The molecule has 65 valence electrons. The van der Waals surface area contributed by atoms with E-state index >= 15 is 0 Å². The average molecular weight is 299 g/mol. The molecule has 12 heavy (non-hydrogen) atoms. The molecule has 3 unspecified atom stereocenters. The molecule has 1 fully saturated rings. The van der Waals surface area contributed by atoms with Gasteiger partial charge in [-0.05, 0) is 0 Å². The summed E-state index contributed by atoms with van der Waals surface area (Å²) in [6.45, 7) is 0. The van der Waals surface area contributed by atoms with E-state index in [9.17, 15) is 0 Å². The summed E-state index contributed by atoms with van der Waals surface area (Å²) in [7, 11) is 1.15. The van der Waals surface area contributed by atoms with Gasteiger partial charge < -0.3 is 24.8 Å². The summed E-state index contributed by atoms with van der Waals surface area (Å²) in [5.74, 6) is 0.960. The second-order valence-electron chi connectivity index (χ2n) is 2.88. The van der Waals surface area contributed by atoms with E-state index in [0.29, 0.717) is 0 Å². The summed E-state index contributed by atoms with van der Waals surface area (Å²) in [5.41, 5.74) is 0. The molecule has 0 N–H and O–H groups in total. The predicted molar refractivity (Wildman–Crippen MR) is 42.3 cm³/mol. The SMILES string of the molecule is [Cl-].[Cl-].[Zr+2][CH]1CPC2=CC=CCC21. The molecule has 1 aliphatic carbocycles. The van der Waals surface area contributed by atoms with Crippen molar-refractivity contribution in [3.63, 3.8) is 0 Å². The summed E-state index contributed by atoms with van der Waals surface area (Å²) in [4.78, 5) is 0. The molecule has 1 saturated heterocycles. The molecule has 0 aromatic carbocycles. The van der Waals surface area contributed by atoms with Crippen LogP contribution in [0, 0.1) is 5.92 Å². The number of halogens is 2. The first-order valence-electron chi connectivity index (χ1n) is 3.69. The van der Waals surface area contributed by atoms with Crippen molar-refractivity contribution in [1.82, 2.24) is 0 Å². The summed E-state index contributed by atoms with van der Waals surface area (Å²) < 4.78 is 1.04. The molecular formula is C8H10Cl2PZr. The summed E-state index contributed by atoms with van der Waals surface area (Å²) in [5, 5.41) is 1.75. The van der Waals surface area contributed by atoms with Crippen LogP contribution in [0.25, 0.3) is 0 Å². The first-order valence-corrected chi connectivity index (χ1v) is 6.32. The normalized spacial score (nSPS) is 33.3. The van der Waals surface area contributed by atoms with Gasteiger partial charge >= 0.3 is 79.0 Å². The van der Waals surface area contributed by atoms with Gasteiger partial charge in [0.05, 0.1) is 0 Å². The van der Waals surface area contributed by atoms with E-state index in [1.165, 1.54) is 12.6 Å². The van der Waals surface area contributed by atoms with Gasteiger partial charge in [-0.2, -0.15) is 0 Å². The van der Waals surface area contributed by atoms with Crippen molar-refractivity contribution in [3.8, 4) is 0 Å². The molecule has 4 heteroatoms. The van der Waals surface area contributed by atoms with Crippen LogP contribution in [0.2, 0.25) is 3.63 Å². The van der Waals surface area contributed by atoms with Crippen LogP contribution < -0.4 is 24.8 Å². The van der Waals surface area contributed by atoms with Gasteiger partial charge in [0.25, 0.3) is 0 Å². The van der Waals surface area contributed by atoms with Gasteiger partial charge in [-0.15, -0.1) is 0 Å². The molecule has 0 aromatic heterocycles. The zero-order chi connectivity index (χ0) is 6.97. The van der Waals surface area contributed by atoms with Crippen LogP contribution >= 0.6 is 8.58 Å². The Kier molecular flexibility index (Phi) is 6.65. The van der Waals surface area contributed by atoms with Crippen LogP contribution in [0.4, 0.5) is 0 Å². The van der Waals surface area contributed by atoms with Crippen molar-refractivity contribution in [2.24, 2.45) is 5.92 Å². The third-order valence-electron chi connectivity index (χ3n) is 2.21. The Morgan fingerprint density at radius 3 is 2.83 bits per heavy atom. The van der Waals surface area contributed by atoms with E-state index in [2.05, 4.69) is 18.2 Å². The van der Waals surface area contributed by atoms with Gasteiger partial charge in [-0.1, -0.05) is 0 Å². The van der Waals surface area contributed by atoms with Crippen LogP contribution in [0.15, 0.2) is 23.5 Å². The van der Waals surface area contributed by atoms with E-state index in [-0.39, 0.29) is 24.8 Å². The summed E-state index contributed by atoms with van der Waals surface area (Å²) in [6.07, 6.45) is 9.70. The molecule has 0 saturated carbocycles. The average Bonchev–Trinajstić information content (AvgIpc) is 2.34. The standard InChI is InChI=1S/C8H10P.2ClH.Zr/c1-2-4-8-7(3-1)5-6-9-8;;;/h1-2,4-5,7,9H,3,6H2;2*1H;/q;;;+2/p-2. The fourth-order valence-electron chi connectivity index (χ4n) is 1.59. The van der Waals surface area contributed by atoms with Crippen molar-refractivity contribution in [2.75, 3.05) is 6.16 Å². The second kappa shape index (κ2) is 5.97. The Labute approximate surface area is 103 Å². The Hall–Kier alpha value is 1.37. The maximum atomic E-state index is 2.34. The molecule has 0 amide bonds. The summed E-state index contributed by atoms with van der Waals surface area (Å²) >= 11 is 1.75. The van der Waals surface area contributed by atoms with Gasteiger partial charge in [-0.25, -0.2) is 0 Å². The molecule has 1 heterocycles. The Morgan fingerprint density at radius 2 is 2.17 bits per heavy atom. The molecule has 2 rings (SSSR count). The van der Waals surface area contributed by atoms with Crippen LogP contribution in [0.1, 0.15) is 6.42 Å².